The van der Waals surface area contributed by atoms with Crippen LogP contribution in [0, 0.1) is 11.6 Å². The van der Waals surface area contributed by atoms with Gasteiger partial charge >= 0.3 is 5.56 Å². The van der Waals surface area contributed by atoms with Crippen LogP contribution < -0.4 is 10.5 Å². The van der Waals surface area contributed by atoms with Crippen LogP contribution in [-0.4, -0.2) is 45.8 Å². The van der Waals surface area contributed by atoms with E-state index < -0.39 is 22.9 Å². The predicted octanol–water partition coefficient (Wildman–Crippen LogP) is 3.23. The molecule has 0 amide bonds. The monoisotopic (exact) mass is 456 g/mol. The van der Waals surface area contributed by atoms with Crippen molar-refractivity contribution in [2.75, 3.05) is 31.2 Å². The summed E-state index contributed by atoms with van der Waals surface area (Å²) < 4.78 is 33.3. The second-order valence-electron chi connectivity index (χ2n) is 7.39. The number of aromatic hydroxyl groups is 1. The van der Waals surface area contributed by atoms with E-state index in [1.807, 2.05) is 6.07 Å². The number of rotatable bonds is 4. The van der Waals surface area contributed by atoms with Gasteiger partial charge in [0.15, 0.2) is 11.6 Å². The number of pyridine rings is 1. The molecule has 0 unspecified atom stereocenters. The van der Waals surface area contributed by atoms with Crippen molar-refractivity contribution in [1.29, 1.82) is 0 Å². The molecule has 1 N–H and O–H groups in total. The quantitative estimate of drug-likeness (QED) is 0.508. The minimum Gasteiger partial charge on any atom is -0.501 e. The smallest absolute Gasteiger partial charge is 0.300 e. The van der Waals surface area contributed by atoms with Crippen molar-refractivity contribution in [3.05, 3.63) is 75.2 Å². The van der Waals surface area contributed by atoms with E-state index in [1.54, 1.807) is 18.5 Å². The van der Waals surface area contributed by atoms with Gasteiger partial charge < -0.3 is 14.7 Å². The van der Waals surface area contributed by atoms with E-state index in [0.29, 0.717) is 35.9 Å². The highest BCUT2D eigenvalue weighted by molar-refractivity contribution is 7.15. The molecule has 0 atom stereocenters. The summed E-state index contributed by atoms with van der Waals surface area (Å²) in [6, 6.07) is 7.32. The fourth-order valence-corrected chi connectivity index (χ4v) is 4.56. The first-order chi connectivity index (χ1) is 15.5. The number of aromatic nitrogens is 3. The second-order valence-corrected chi connectivity index (χ2v) is 8.50. The summed E-state index contributed by atoms with van der Waals surface area (Å²) in [5, 5.41) is 10.9. The summed E-state index contributed by atoms with van der Waals surface area (Å²) in [7, 11) is 0. The number of hydrogen-bond acceptors (Lipinski definition) is 7. The molecule has 4 heterocycles. The van der Waals surface area contributed by atoms with Crippen molar-refractivity contribution in [2.24, 2.45) is 0 Å². The normalized spacial score (nSPS) is 14.2. The lowest BCUT2D eigenvalue weighted by molar-refractivity contribution is 0.122. The summed E-state index contributed by atoms with van der Waals surface area (Å²) in [6.45, 7) is 2.67. The third kappa shape index (κ3) is 3.82. The number of hydrogen-bond donors (Lipinski definition) is 1. The number of fused-ring (bicyclic) bond motifs is 1. The second kappa shape index (κ2) is 8.29. The molecule has 1 aliphatic heterocycles. The molecule has 0 aliphatic carbocycles. The molecule has 1 saturated heterocycles. The number of thiazole rings is 1. The van der Waals surface area contributed by atoms with Gasteiger partial charge in [-0.15, -0.1) is 11.3 Å². The Kier molecular flexibility index (Phi) is 5.32. The predicted molar refractivity (Wildman–Crippen MR) is 116 cm³/mol. The van der Waals surface area contributed by atoms with Crippen molar-refractivity contribution < 1.29 is 18.6 Å². The standard InChI is InChI=1S/C22H18F2N4O3S/c23-16-3-1-13(10-17(16)24)9-15-11-25-21(32-15)19-20(29)22(30)28-12-14(2-4-18(28)26-19)27-5-7-31-8-6-27/h1-4,10-12,29H,5-9H2. The van der Waals surface area contributed by atoms with E-state index >= 15 is 0 Å². The molecule has 0 saturated carbocycles. The van der Waals surface area contributed by atoms with Crippen LogP contribution in [0.2, 0.25) is 0 Å². The Balaban J connectivity index is 1.47. The number of nitrogens with zero attached hydrogens (tertiary/aromatic N) is 4. The first kappa shape index (κ1) is 20.5. The van der Waals surface area contributed by atoms with Gasteiger partial charge in [-0.25, -0.2) is 18.7 Å². The molecular weight excluding hydrogens is 438 g/mol. The van der Waals surface area contributed by atoms with E-state index in [1.165, 1.54) is 21.8 Å². The van der Waals surface area contributed by atoms with Gasteiger partial charge in [0.25, 0.3) is 0 Å². The van der Waals surface area contributed by atoms with Crippen molar-refractivity contribution in [3.63, 3.8) is 0 Å². The average molecular weight is 456 g/mol. The van der Waals surface area contributed by atoms with Crippen molar-refractivity contribution in [1.82, 2.24) is 14.4 Å². The Morgan fingerprint density at radius 2 is 1.94 bits per heavy atom. The van der Waals surface area contributed by atoms with Gasteiger partial charge in [-0.1, -0.05) is 6.07 Å². The molecule has 3 aromatic heterocycles. The molecule has 32 heavy (non-hydrogen) atoms. The van der Waals surface area contributed by atoms with Crippen LogP contribution in [0.15, 0.2) is 47.5 Å². The maximum atomic E-state index is 13.5. The highest BCUT2D eigenvalue weighted by atomic mass is 32.1. The van der Waals surface area contributed by atoms with Gasteiger partial charge in [0.05, 0.1) is 18.9 Å². The fourth-order valence-electron chi connectivity index (χ4n) is 3.63. The highest BCUT2D eigenvalue weighted by Crippen LogP contribution is 2.30. The largest absolute Gasteiger partial charge is 0.501 e. The van der Waals surface area contributed by atoms with Crippen LogP contribution in [-0.2, 0) is 11.2 Å². The van der Waals surface area contributed by atoms with Crippen LogP contribution in [0.1, 0.15) is 10.4 Å². The third-order valence-corrected chi connectivity index (χ3v) is 6.28. The van der Waals surface area contributed by atoms with Gasteiger partial charge in [0.1, 0.15) is 16.3 Å². The third-order valence-electron chi connectivity index (χ3n) is 5.28. The first-order valence-electron chi connectivity index (χ1n) is 9.96. The Labute approximate surface area is 185 Å². The van der Waals surface area contributed by atoms with Crippen LogP contribution in [0.4, 0.5) is 14.5 Å². The number of morpholine rings is 1. The lowest BCUT2D eigenvalue weighted by Crippen LogP contribution is -2.36. The van der Waals surface area contributed by atoms with E-state index in [0.717, 1.165) is 35.8 Å². The maximum absolute atomic E-state index is 13.5. The molecule has 0 bridgehead atoms. The molecule has 4 aromatic rings. The molecule has 1 aliphatic rings. The number of halogens is 2. The van der Waals surface area contributed by atoms with E-state index in [9.17, 15) is 18.7 Å². The fraction of sp³-hybridized carbons (Fsp3) is 0.227. The summed E-state index contributed by atoms with van der Waals surface area (Å²) >= 11 is 1.23. The topological polar surface area (TPSA) is 80.0 Å². The van der Waals surface area contributed by atoms with Crippen molar-refractivity contribution in [3.8, 4) is 16.5 Å². The van der Waals surface area contributed by atoms with Gasteiger partial charge in [0.2, 0.25) is 5.75 Å². The van der Waals surface area contributed by atoms with Crippen LogP contribution >= 0.6 is 11.3 Å². The van der Waals surface area contributed by atoms with E-state index in [-0.39, 0.29) is 5.69 Å². The molecule has 164 valence electrons. The molecule has 7 nitrogen and oxygen atoms in total. The summed E-state index contributed by atoms with van der Waals surface area (Å²) in [4.78, 5) is 24.4. The van der Waals surface area contributed by atoms with Gasteiger partial charge in [-0.05, 0) is 29.8 Å². The molecule has 10 heteroatoms. The van der Waals surface area contributed by atoms with Gasteiger partial charge in [0, 0.05) is 36.8 Å². The minimum atomic E-state index is -0.912. The van der Waals surface area contributed by atoms with Crippen molar-refractivity contribution in [2.45, 2.75) is 6.42 Å². The Bertz CT molecular complexity index is 1370. The number of benzene rings is 1. The Morgan fingerprint density at radius 1 is 1.12 bits per heavy atom. The molecule has 1 aromatic carbocycles. The number of ether oxygens (including phenoxy) is 1. The van der Waals surface area contributed by atoms with Crippen LogP contribution in [0.3, 0.4) is 0 Å². The molecule has 0 radical (unpaired) electrons. The minimum absolute atomic E-state index is 0.0932. The Hall–Kier alpha value is -3.37. The number of anilines is 1. The summed E-state index contributed by atoms with van der Waals surface area (Å²) in [5.74, 6) is -2.30. The summed E-state index contributed by atoms with van der Waals surface area (Å²) in [6.07, 6.45) is 3.58. The van der Waals surface area contributed by atoms with Crippen molar-refractivity contribution >= 4 is 22.7 Å². The molecule has 1 fully saturated rings. The SMILES string of the molecule is O=c1c(O)c(-c2ncc(Cc3ccc(F)c(F)c3)s2)nc2ccc(N3CCOCC3)cn12. The molecular formula is C22H18F2N4O3S. The highest BCUT2D eigenvalue weighted by Gasteiger charge is 2.19. The van der Waals surface area contributed by atoms with Crippen LogP contribution in [0.25, 0.3) is 16.3 Å². The zero-order chi connectivity index (χ0) is 22.2. The lowest BCUT2D eigenvalue weighted by Gasteiger charge is -2.28. The summed E-state index contributed by atoms with van der Waals surface area (Å²) in [5.41, 5.74) is 1.33. The van der Waals surface area contributed by atoms with Crippen LogP contribution in [0.5, 0.6) is 5.75 Å². The van der Waals surface area contributed by atoms with Gasteiger partial charge in [-0.2, -0.15) is 0 Å². The zero-order valence-corrected chi connectivity index (χ0v) is 17.6. The van der Waals surface area contributed by atoms with E-state index in [2.05, 4.69) is 14.9 Å². The molecule has 0 spiro atoms. The van der Waals surface area contributed by atoms with E-state index in [4.69, 9.17) is 4.74 Å². The maximum Gasteiger partial charge on any atom is 0.300 e. The zero-order valence-electron chi connectivity index (χ0n) is 16.8. The first-order valence-corrected chi connectivity index (χ1v) is 10.8. The lowest BCUT2D eigenvalue weighted by atomic mass is 10.1. The Morgan fingerprint density at radius 3 is 2.72 bits per heavy atom. The van der Waals surface area contributed by atoms with Gasteiger partial charge in [-0.3, -0.25) is 9.20 Å². The average Bonchev–Trinajstić information content (AvgIpc) is 3.27. The molecule has 5 rings (SSSR count).